The molecule has 4 heteroatoms. The number of quaternary nitrogens is 1. The van der Waals surface area contributed by atoms with Gasteiger partial charge < -0.3 is 19.9 Å². The van der Waals surface area contributed by atoms with Gasteiger partial charge in [-0.3, -0.25) is 0 Å². The van der Waals surface area contributed by atoms with Gasteiger partial charge in [-0.1, -0.05) is 24.3 Å². The van der Waals surface area contributed by atoms with E-state index in [2.05, 4.69) is 74.0 Å². The second-order valence-electron chi connectivity index (χ2n) is 8.39. The number of aromatic amines is 1. The molecule has 2 aromatic carbocycles. The Labute approximate surface area is 167 Å². The summed E-state index contributed by atoms with van der Waals surface area (Å²) >= 11 is 0. The van der Waals surface area contributed by atoms with E-state index in [-0.39, 0.29) is 0 Å². The summed E-state index contributed by atoms with van der Waals surface area (Å²) in [5.74, 6) is 0. The van der Waals surface area contributed by atoms with Crippen LogP contribution < -0.4 is 9.80 Å². The molecular weight excluding hydrogens is 346 g/mol. The minimum atomic E-state index is -0.432. The first-order chi connectivity index (χ1) is 13.4. The van der Waals surface area contributed by atoms with E-state index in [9.17, 15) is 5.11 Å². The number of benzene rings is 2. The number of nitrogens with zero attached hydrogens (tertiary/aromatic N) is 1. The quantitative estimate of drug-likeness (QED) is 0.654. The average molecular weight is 379 g/mol. The highest BCUT2D eigenvalue weighted by molar-refractivity contribution is 5.85. The SMILES string of the molecule is Cc1ccc2c(C(O)C[NH+]3CCN(c4cccc(C)c4C)CC3)c(C)[nH]c2c1. The van der Waals surface area contributed by atoms with Crippen molar-refractivity contribution in [3.05, 3.63) is 64.3 Å². The van der Waals surface area contributed by atoms with Crippen molar-refractivity contribution >= 4 is 16.6 Å². The molecule has 1 aliphatic heterocycles. The molecule has 1 atom stereocenters. The first-order valence-electron chi connectivity index (χ1n) is 10.4. The number of aryl methyl sites for hydroxylation is 3. The van der Waals surface area contributed by atoms with E-state index < -0.39 is 6.10 Å². The van der Waals surface area contributed by atoms with Crippen LogP contribution in [0, 0.1) is 27.7 Å². The number of H-pyrrole nitrogens is 1. The fraction of sp³-hybridized carbons (Fsp3) is 0.417. The third-order valence-corrected chi connectivity index (χ3v) is 6.39. The molecule has 28 heavy (non-hydrogen) atoms. The number of aliphatic hydroxyl groups is 1. The zero-order valence-corrected chi connectivity index (χ0v) is 17.5. The Balaban J connectivity index is 1.44. The van der Waals surface area contributed by atoms with Crippen molar-refractivity contribution in [2.24, 2.45) is 0 Å². The predicted molar refractivity (Wildman–Crippen MR) is 116 cm³/mol. The molecule has 148 valence electrons. The Morgan fingerprint density at radius 1 is 1.07 bits per heavy atom. The Kier molecular flexibility index (Phi) is 5.17. The zero-order chi connectivity index (χ0) is 19.8. The highest BCUT2D eigenvalue weighted by Gasteiger charge is 2.26. The monoisotopic (exact) mass is 378 g/mol. The molecule has 0 radical (unpaired) electrons. The van der Waals surface area contributed by atoms with Gasteiger partial charge in [-0.25, -0.2) is 0 Å². The van der Waals surface area contributed by atoms with Crippen LogP contribution in [0.1, 0.15) is 34.1 Å². The van der Waals surface area contributed by atoms with Crippen LogP contribution in [0.3, 0.4) is 0 Å². The molecule has 0 amide bonds. The van der Waals surface area contributed by atoms with Gasteiger partial charge in [0.25, 0.3) is 0 Å². The molecule has 1 unspecified atom stereocenters. The molecule has 3 aromatic rings. The largest absolute Gasteiger partial charge is 0.382 e. The van der Waals surface area contributed by atoms with E-state index in [1.54, 1.807) is 0 Å². The van der Waals surface area contributed by atoms with Crippen LogP contribution in [0.15, 0.2) is 36.4 Å². The van der Waals surface area contributed by atoms with Crippen LogP contribution in [0.2, 0.25) is 0 Å². The summed E-state index contributed by atoms with van der Waals surface area (Å²) in [6, 6.07) is 13.0. The second-order valence-corrected chi connectivity index (χ2v) is 8.39. The first-order valence-corrected chi connectivity index (χ1v) is 10.4. The minimum absolute atomic E-state index is 0.432. The molecule has 3 N–H and O–H groups in total. The van der Waals surface area contributed by atoms with E-state index in [4.69, 9.17) is 0 Å². The lowest BCUT2D eigenvalue weighted by atomic mass is 10.0. The van der Waals surface area contributed by atoms with Gasteiger partial charge in [0.05, 0.1) is 26.2 Å². The van der Waals surface area contributed by atoms with Gasteiger partial charge >= 0.3 is 0 Å². The maximum Gasteiger partial charge on any atom is 0.130 e. The van der Waals surface area contributed by atoms with Gasteiger partial charge in [0.1, 0.15) is 12.6 Å². The topological polar surface area (TPSA) is 43.7 Å². The lowest BCUT2D eigenvalue weighted by Gasteiger charge is -2.35. The molecule has 0 spiro atoms. The summed E-state index contributed by atoms with van der Waals surface area (Å²) in [4.78, 5) is 7.43. The van der Waals surface area contributed by atoms with Crippen molar-refractivity contribution in [2.45, 2.75) is 33.8 Å². The molecule has 1 aromatic heterocycles. The van der Waals surface area contributed by atoms with Gasteiger partial charge in [0, 0.05) is 27.8 Å². The Morgan fingerprint density at radius 2 is 1.82 bits per heavy atom. The second kappa shape index (κ2) is 7.61. The zero-order valence-electron chi connectivity index (χ0n) is 17.5. The summed E-state index contributed by atoms with van der Waals surface area (Å²) in [6.45, 7) is 13.5. The molecule has 4 rings (SSSR count). The fourth-order valence-corrected chi connectivity index (χ4v) is 4.62. The number of piperazine rings is 1. The summed E-state index contributed by atoms with van der Waals surface area (Å²) in [6.07, 6.45) is -0.432. The van der Waals surface area contributed by atoms with E-state index in [0.717, 1.165) is 54.9 Å². The van der Waals surface area contributed by atoms with Crippen molar-refractivity contribution in [2.75, 3.05) is 37.6 Å². The third-order valence-electron chi connectivity index (χ3n) is 6.39. The van der Waals surface area contributed by atoms with Gasteiger partial charge in [-0.15, -0.1) is 0 Å². The Morgan fingerprint density at radius 3 is 2.57 bits per heavy atom. The highest BCUT2D eigenvalue weighted by atomic mass is 16.3. The van der Waals surface area contributed by atoms with Crippen LogP contribution in [0.4, 0.5) is 5.69 Å². The normalized spacial score (nSPS) is 16.7. The molecule has 1 saturated heterocycles. The van der Waals surface area contributed by atoms with Crippen molar-refractivity contribution in [1.82, 2.24) is 4.98 Å². The number of rotatable bonds is 4. The first kappa shape index (κ1) is 19.0. The van der Waals surface area contributed by atoms with Crippen molar-refractivity contribution < 1.29 is 10.0 Å². The van der Waals surface area contributed by atoms with Crippen LogP contribution in [0.5, 0.6) is 0 Å². The Bertz CT molecular complexity index is 983. The van der Waals surface area contributed by atoms with Crippen LogP contribution in [0.25, 0.3) is 10.9 Å². The summed E-state index contributed by atoms with van der Waals surface area (Å²) < 4.78 is 0. The van der Waals surface area contributed by atoms with Gasteiger partial charge in [0.2, 0.25) is 0 Å². The van der Waals surface area contributed by atoms with E-state index in [1.165, 1.54) is 27.3 Å². The predicted octanol–water partition coefficient (Wildman–Crippen LogP) is 2.84. The summed E-state index contributed by atoms with van der Waals surface area (Å²) in [5.41, 5.74) is 8.62. The number of anilines is 1. The van der Waals surface area contributed by atoms with Gasteiger partial charge in [0.15, 0.2) is 0 Å². The van der Waals surface area contributed by atoms with Gasteiger partial charge in [-0.05, 0) is 56.5 Å². The van der Waals surface area contributed by atoms with E-state index in [0.29, 0.717) is 0 Å². The van der Waals surface area contributed by atoms with Crippen LogP contribution in [-0.2, 0) is 0 Å². The maximum atomic E-state index is 11.0. The number of nitrogens with one attached hydrogen (secondary N) is 2. The smallest absolute Gasteiger partial charge is 0.130 e. The molecule has 2 heterocycles. The molecule has 1 aliphatic rings. The molecule has 4 nitrogen and oxygen atoms in total. The van der Waals surface area contributed by atoms with Gasteiger partial charge in [-0.2, -0.15) is 0 Å². The van der Waals surface area contributed by atoms with Crippen molar-refractivity contribution in [3.8, 4) is 0 Å². The van der Waals surface area contributed by atoms with E-state index >= 15 is 0 Å². The lowest BCUT2D eigenvalue weighted by Crippen LogP contribution is -3.15. The standard InChI is InChI=1S/C24H31N3O/c1-16-8-9-20-21(14-16)25-19(4)24(20)23(28)15-26-10-12-27(13-11-26)22-7-5-6-17(2)18(22)3/h5-9,14,23,25,28H,10-13,15H2,1-4H3/p+1. The number of hydrogen-bond donors (Lipinski definition) is 3. The summed E-state index contributed by atoms with van der Waals surface area (Å²) in [7, 11) is 0. The number of aliphatic hydroxyl groups excluding tert-OH is 1. The molecular formula is C24H32N3O+. The van der Waals surface area contributed by atoms with Crippen molar-refractivity contribution in [3.63, 3.8) is 0 Å². The molecule has 0 saturated carbocycles. The Hall–Kier alpha value is -2.30. The van der Waals surface area contributed by atoms with E-state index in [1.807, 2.05) is 0 Å². The number of hydrogen-bond acceptors (Lipinski definition) is 2. The molecule has 0 bridgehead atoms. The average Bonchev–Trinajstić information content (AvgIpc) is 2.99. The molecule has 1 fully saturated rings. The number of fused-ring (bicyclic) bond motifs is 1. The summed E-state index contributed by atoms with van der Waals surface area (Å²) in [5, 5.41) is 12.2. The molecule has 0 aliphatic carbocycles. The van der Waals surface area contributed by atoms with Crippen LogP contribution in [-0.4, -0.2) is 42.8 Å². The van der Waals surface area contributed by atoms with Crippen LogP contribution >= 0.6 is 0 Å². The lowest BCUT2D eigenvalue weighted by molar-refractivity contribution is -0.904. The third kappa shape index (κ3) is 3.54. The number of aromatic nitrogens is 1. The van der Waals surface area contributed by atoms with Crippen molar-refractivity contribution in [1.29, 1.82) is 0 Å². The highest BCUT2D eigenvalue weighted by Crippen LogP contribution is 2.28. The fourth-order valence-electron chi connectivity index (χ4n) is 4.62. The maximum absolute atomic E-state index is 11.0. The minimum Gasteiger partial charge on any atom is -0.382 e.